The second-order valence-electron chi connectivity index (χ2n) is 5.39. The van der Waals surface area contributed by atoms with Gasteiger partial charge in [-0.2, -0.15) is 0 Å². The normalized spacial score (nSPS) is 23.2. The van der Waals surface area contributed by atoms with Gasteiger partial charge in [0.25, 0.3) is 0 Å². The molecular formula is C14H16BrN3O. The lowest BCUT2D eigenvalue weighted by atomic mass is 10.1. The van der Waals surface area contributed by atoms with Gasteiger partial charge in [0, 0.05) is 34.8 Å². The number of hydrogen-bond donors (Lipinski definition) is 2. The second kappa shape index (κ2) is 4.35. The van der Waals surface area contributed by atoms with Gasteiger partial charge in [0.1, 0.15) is 0 Å². The number of anilines is 2. The summed E-state index contributed by atoms with van der Waals surface area (Å²) < 4.78 is 0.914. The first-order chi connectivity index (χ1) is 8.96. The molecule has 1 atom stereocenters. The number of hydrogen-bond acceptors (Lipinski definition) is 4. The van der Waals surface area contributed by atoms with E-state index in [1.807, 2.05) is 25.1 Å². The van der Waals surface area contributed by atoms with E-state index in [1.54, 1.807) is 6.20 Å². The minimum absolute atomic E-state index is 0.622. The van der Waals surface area contributed by atoms with Crippen LogP contribution in [0.5, 0.6) is 0 Å². The predicted molar refractivity (Wildman–Crippen MR) is 81.3 cm³/mol. The van der Waals surface area contributed by atoms with Crippen LogP contribution in [0.25, 0.3) is 10.9 Å². The molecule has 2 aromatic rings. The fraction of sp³-hybridized carbons (Fsp3) is 0.357. The Morgan fingerprint density at radius 3 is 2.95 bits per heavy atom. The zero-order valence-corrected chi connectivity index (χ0v) is 12.3. The first-order valence-corrected chi connectivity index (χ1v) is 7.07. The number of pyridine rings is 1. The molecule has 0 aliphatic carbocycles. The highest BCUT2D eigenvalue weighted by molar-refractivity contribution is 9.10. The fourth-order valence-electron chi connectivity index (χ4n) is 2.61. The van der Waals surface area contributed by atoms with Gasteiger partial charge in [0.05, 0.1) is 16.8 Å². The SMILES string of the molecule is CC1(O)CCN(c2ccc(N)c3cc(Br)cnc23)C1. The summed E-state index contributed by atoms with van der Waals surface area (Å²) in [6.45, 7) is 3.34. The van der Waals surface area contributed by atoms with E-state index in [-0.39, 0.29) is 0 Å². The standard InChI is InChI=1S/C14H16BrN3O/c1-14(19)4-5-18(8-14)12-3-2-11(16)10-6-9(15)7-17-13(10)12/h2-3,6-7,19H,4-5,8,16H2,1H3. The van der Waals surface area contributed by atoms with Crippen molar-refractivity contribution in [1.82, 2.24) is 4.98 Å². The number of aromatic nitrogens is 1. The lowest BCUT2D eigenvalue weighted by Crippen LogP contribution is -2.29. The molecule has 0 bridgehead atoms. The highest BCUT2D eigenvalue weighted by Gasteiger charge is 2.32. The number of benzene rings is 1. The summed E-state index contributed by atoms with van der Waals surface area (Å²) >= 11 is 3.42. The highest BCUT2D eigenvalue weighted by Crippen LogP contribution is 2.34. The summed E-state index contributed by atoms with van der Waals surface area (Å²) in [5.74, 6) is 0. The summed E-state index contributed by atoms with van der Waals surface area (Å²) in [5.41, 5.74) is 8.04. The van der Waals surface area contributed by atoms with Crippen LogP contribution in [-0.2, 0) is 0 Å². The molecule has 0 amide bonds. The number of rotatable bonds is 1. The van der Waals surface area contributed by atoms with Crippen LogP contribution in [0.3, 0.4) is 0 Å². The molecule has 1 fully saturated rings. The summed E-state index contributed by atoms with van der Waals surface area (Å²) in [4.78, 5) is 6.65. The van der Waals surface area contributed by atoms with Crippen molar-refractivity contribution in [1.29, 1.82) is 0 Å². The molecule has 100 valence electrons. The van der Waals surface area contributed by atoms with Gasteiger partial charge in [0.15, 0.2) is 0 Å². The zero-order chi connectivity index (χ0) is 13.6. The van der Waals surface area contributed by atoms with Gasteiger partial charge in [0.2, 0.25) is 0 Å². The second-order valence-corrected chi connectivity index (χ2v) is 6.31. The molecule has 1 aliphatic heterocycles. The van der Waals surface area contributed by atoms with Gasteiger partial charge in [-0.15, -0.1) is 0 Å². The number of aliphatic hydroxyl groups is 1. The minimum Gasteiger partial charge on any atom is -0.398 e. The van der Waals surface area contributed by atoms with Crippen LogP contribution in [-0.4, -0.2) is 28.8 Å². The van der Waals surface area contributed by atoms with Gasteiger partial charge >= 0.3 is 0 Å². The number of nitrogens with two attached hydrogens (primary N) is 1. The number of nitrogen functional groups attached to an aromatic ring is 1. The first kappa shape index (κ1) is 12.7. The van der Waals surface area contributed by atoms with E-state index in [1.165, 1.54) is 0 Å². The topological polar surface area (TPSA) is 62.4 Å². The molecule has 1 aliphatic rings. The van der Waals surface area contributed by atoms with Crippen molar-refractivity contribution in [3.05, 3.63) is 28.9 Å². The van der Waals surface area contributed by atoms with E-state index >= 15 is 0 Å². The molecule has 4 nitrogen and oxygen atoms in total. The van der Waals surface area contributed by atoms with Crippen molar-refractivity contribution < 1.29 is 5.11 Å². The Balaban J connectivity index is 2.13. The summed E-state index contributed by atoms with van der Waals surface area (Å²) in [5, 5.41) is 11.0. The number of halogens is 1. The van der Waals surface area contributed by atoms with E-state index in [4.69, 9.17) is 5.73 Å². The van der Waals surface area contributed by atoms with E-state index in [9.17, 15) is 5.11 Å². The molecule has 5 heteroatoms. The fourth-order valence-corrected chi connectivity index (χ4v) is 2.94. The summed E-state index contributed by atoms with van der Waals surface area (Å²) in [6, 6.07) is 5.87. The van der Waals surface area contributed by atoms with Crippen molar-refractivity contribution in [3.63, 3.8) is 0 Å². The molecular weight excluding hydrogens is 306 g/mol. The average Bonchev–Trinajstić information content (AvgIpc) is 2.71. The maximum atomic E-state index is 10.1. The largest absolute Gasteiger partial charge is 0.398 e. The van der Waals surface area contributed by atoms with Crippen LogP contribution in [0.2, 0.25) is 0 Å². The Kier molecular flexibility index (Phi) is 2.91. The maximum Gasteiger partial charge on any atom is 0.0956 e. The molecule has 1 aromatic carbocycles. The van der Waals surface area contributed by atoms with Crippen LogP contribution in [0.1, 0.15) is 13.3 Å². The van der Waals surface area contributed by atoms with Gasteiger partial charge in [-0.25, -0.2) is 0 Å². The van der Waals surface area contributed by atoms with Crippen LogP contribution >= 0.6 is 15.9 Å². The molecule has 19 heavy (non-hydrogen) atoms. The summed E-state index contributed by atoms with van der Waals surface area (Å²) in [7, 11) is 0. The van der Waals surface area contributed by atoms with Crippen molar-refractivity contribution in [3.8, 4) is 0 Å². The molecule has 1 saturated heterocycles. The molecule has 2 heterocycles. The molecule has 3 rings (SSSR count). The van der Waals surface area contributed by atoms with Crippen molar-refractivity contribution in [2.45, 2.75) is 18.9 Å². The average molecular weight is 322 g/mol. The number of β-amino-alcohol motifs (C(OH)–C–C–N with tert-alkyl or cyclic N) is 1. The van der Waals surface area contributed by atoms with Gasteiger partial charge in [-0.3, -0.25) is 4.98 Å². The Labute approximate surface area is 120 Å². The van der Waals surface area contributed by atoms with Gasteiger partial charge in [-0.05, 0) is 47.5 Å². The van der Waals surface area contributed by atoms with Crippen LogP contribution in [0.15, 0.2) is 28.9 Å². The quantitative estimate of drug-likeness (QED) is 0.792. The highest BCUT2D eigenvalue weighted by atomic mass is 79.9. The molecule has 0 saturated carbocycles. The molecule has 0 radical (unpaired) electrons. The Bertz CT molecular complexity index is 642. The van der Waals surface area contributed by atoms with E-state index in [0.29, 0.717) is 6.54 Å². The molecule has 3 N–H and O–H groups in total. The van der Waals surface area contributed by atoms with Gasteiger partial charge in [-0.1, -0.05) is 0 Å². The minimum atomic E-state index is -0.622. The lowest BCUT2D eigenvalue weighted by molar-refractivity contribution is 0.0839. The smallest absolute Gasteiger partial charge is 0.0956 e. The Hall–Kier alpha value is -1.33. The zero-order valence-electron chi connectivity index (χ0n) is 10.7. The number of nitrogens with zero attached hydrogens (tertiary/aromatic N) is 2. The Morgan fingerprint density at radius 2 is 2.26 bits per heavy atom. The lowest BCUT2D eigenvalue weighted by Gasteiger charge is -2.22. The van der Waals surface area contributed by atoms with E-state index in [0.717, 1.165) is 39.7 Å². The number of fused-ring (bicyclic) bond motifs is 1. The van der Waals surface area contributed by atoms with Crippen LogP contribution in [0, 0.1) is 0 Å². The van der Waals surface area contributed by atoms with Crippen LogP contribution in [0.4, 0.5) is 11.4 Å². The van der Waals surface area contributed by atoms with E-state index < -0.39 is 5.60 Å². The Morgan fingerprint density at radius 1 is 1.47 bits per heavy atom. The first-order valence-electron chi connectivity index (χ1n) is 6.27. The third kappa shape index (κ3) is 2.28. The molecule has 0 spiro atoms. The van der Waals surface area contributed by atoms with Crippen molar-refractivity contribution >= 4 is 38.2 Å². The predicted octanol–water partition coefficient (Wildman–Crippen LogP) is 2.54. The van der Waals surface area contributed by atoms with Crippen LogP contribution < -0.4 is 10.6 Å². The van der Waals surface area contributed by atoms with E-state index in [2.05, 4.69) is 25.8 Å². The third-order valence-corrected chi connectivity index (χ3v) is 4.05. The molecule has 1 unspecified atom stereocenters. The van der Waals surface area contributed by atoms with Gasteiger partial charge < -0.3 is 15.7 Å². The third-order valence-electron chi connectivity index (χ3n) is 3.62. The van der Waals surface area contributed by atoms with Crippen molar-refractivity contribution in [2.75, 3.05) is 23.7 Å². The molecule has 1 aromatic heterocycles. The monoisotopic (exact) mass is 321 g/mol. The maximum absolute atomic E-state index is 10.1. The van der Waals surface area contributed by atoms with Crippen molar-refractivity contribution in [2.24, 2.45) is 0 Å². The summed E-state index contributed by atoms with van der Waals surface area (Å²) in [6.07, 6.45) is 2.55.